The van der Waals surface area contributed by atoms with Crippen molar-refractivity contribution in [1.29, 1.82) is 0 Å². The highest BCUT2D eigenvalue weighted by atomic mass is 32.2. The summed E-state index contributed by atoms with van der Waals surface area (Å²) in [5, 5.41) is 2.88. The lowest BCUT2D eigenvalue weighted by Crippen LogP contribution is -2.56. The Morgan fingerprint density at radius 1 is 0.964 bits per heavy atom. The van der Waals surface area contributed by atoms with Crippen LogP contribution in [-0.4, -0.2) is 97.0 Å². The van der Waals surface area contributed by atoms with E-state index in [1.165, 1.54) is 4.90 Å². The van der Waals surface area contributed by atoms with E-state index in [0.717, 1.165) is 24.8 Å². The second kappa shape index (κ2) is 16.8. The fourth-order valence-corrected chi connectivity index (χ4v) is 8.90. The molecular formula is C42H55N5O8S. The quantitative estimate of drug-likeness (QED) is 0.241. The summed E-state index contributed by atoms with van der Waals surface area (Å²) in [7, 11) is -2.28. The first-order chi connectivity index (χ1) is 26.5. The third kappa shape index (κ3) is 9.45. The Kier molecular flexibility index (Phi) is 12.3. The molecule has 6 rings (SSSR count). The van der Waals surface area contributed by atoms with Crippen molar-refractivity contribution in [2.45, 2.75) is 103 Å². The van der Waals surface area contributed by atoms with Crippen LogP contribution in [0.4, 0.5) is 0 Å². The Balaban J connectivity index is 1.32. The monoisotopic (exact) mass is 789 g/mol. The number of carbonyl (C=O) groups is 4. The number of ether oxygens (including phenoxy) is 2. The number of rotatable bonds is 13. The van der Waals surface area contributed by atoms with E-state index in [1.54, 1.807) is 21.0 Å². The van der Waals surface area contributed by atoms with E-state index >= 15 is 0 Å². The Morgan fingerprint density at radius 2 is 1.66 bits per heavy atom. The van der Waals surface area contributed by atoms with Gasteiger partial charge in [-0.1, -0.05) is 65.0 Å². The van der Waals surface area contributed by atoms with Crippen LogP contribution in [0.25, 0.3) is 22.2 Å². The van der Waals surface area contributed by atoms with Gasteiger partial charge in [0.25, 0.3) is 5.91 Å². The van der Waals surface area contributed by atoms with Crippen LogP contribution < -0.4 is 19.5 Å². The van der Waals surface area contributed by atoms with E-state index < -0.39 is 62.5 Å². The molecule has 0 bridgehead atoms. The second-order valence-corrected chi connectivity index (χ2v) is 18.7. The number of nitrogens with one attached hydrogen (secondary N) is 2. The molecule has 4 amide bonds. The summed E-state index contributed by atoms with van der Waals surface area (Å²) in [6.45, 7) is 10.5. The van der Waals surface area contributed by atoms with Crippen LogP contribution in [0, 0.1) is 17.3 Å². The number of amides is 4. The van der Waals surface area contributed by atoms with E-state index in [0.29, 0.717) is 54.0 Å². The van der Waals surface area contributed by atoms with E-state index in [2.05, 4.69) is 10.0 Å². The van der Waals surface area contributed by atoms with Gasteiger partial charge in [-0.15, -0.1) is 0 Å². The van der Waals surface area contributed by atoms with Crippen molar-refractivity contribution in [3.63, 3.8) is 0 Å². The normalized spacial score (nSPS) is 20.1. The number of piperidine rings is 1. The van der Waals surface area contributed by atoms with Gasteiger partial charge in [-0.2, -0.15) is 0 Å². The maximum Gasteiger partial charge on any atom is 0.256 e. The van der Waals surface area contributed by atoms with Gasteiger partial charge in [-0.3, -0.25) is 23.9 Å². The van der Waals surface area contributed by atoms with Gasteiger partial charge in [-0.25, -0.2) is 13.4 Å². The van der Waals surface area contributed by atoms with Crippen LogP contribution in [0.3, 0.4) is 0 Å². The molecule has 3 fully saturated rings. The average Bonchev–Trinajstić information content (AvgIpc) is 3.96. The van der Waals surface area contributed by atoms with Gasteiger partial charge in [-0.05, 0) is 55.6 Å². The summed E-state index contributed by atoms with van der Waals surface area (Å²) < 4.78 is 39.8. The summed E-state index contributed by atoms with van der Waals surface area (Å²) in [5.41, 5.74) is 1.54. The zero-order chi connectivity index (χ0) is 40.4. The third-order valence-electron chi connectivity index (χ3n) is 11.1. The molecule has 2 N–H and O–H groups in total. The fourth-order valence-electron chi connectivity index (χ4n) is 7.57. The first kappa shape index (κ1) is 40.9. The van der Waals surface area contributed by atoms with Crippen molar-refractivity contribution < 1.29 is 37.1 Å². The Hall–Kier alpha value is -4.72. The predicted molar refractivity (Wildman–Crippen MR) is 213 cm³/mol. The molecule has 3 aliphatic rings. The number of pyridine rings is 1. The maximum atomic E-state index is 14.8. The predicted octanol–water partition coefficient (Wildman–Crippen LogP) is 5.07. The van der Waals surface area contributed by atoms with E-state index in [1.807, 2.05) is 80.3 Å². The lowest BCUT2D eigenvalue weighted by atomic mass is 9.77. The highest BCUT2D eigenvalue weighted by Gasteiger charge is 2.47. The minimum absolute atomic E-state index is 0.00793. The number of sulfonamides is 1. The van der Waals surface area contributed by atoms with Crippen molar-refractivity contribution in [3.8, 4) is 22.8 Å². The molecule has 2 aliphatic heterocycles. The van der Waals surface area contributed by atoms with Gasteiger partial charge in [0.05, 0.1) is 36.0 Å². The molecule has 3 heterocycles. The van der Waals surface area contributed by atoms with Crippen LogP contribution in [0.2, 0.25) is 0 Å². The molecule has 1 aliphatic carbocycles. The number of fused-ring (bicyclic) bond motifs is 1. The number of nitrogens with zero attached hydrogens (tertiary/aromatic N) is 3. The maximum absolute atomic E-state index is 14.8. The molecule has 302 valence electrons. The molecule has 2 aromatic carbocycles. The molecule has 13 nitrogen and oxygen atoms in total. The van der Waals surface area contributed by atoms with Crippen LogP contribution in [0.1, 0.15) is 79.6 Å². The van der Waals surface area contributed by atoms with Crippen molar-refractivity contribution in [3.05, 3.63) is 54.6 Å². The van der Waals surface area contributed by atoms with Crippen molar-refractivity contribution >= 4 is 44.6 Å². The number of hydrogen-bond donors (Lipinski definition) is 2. The number of carbonyl (C=O) groups excluding carboxylic acids is 4. The van der Waals surface area contributed by atoms with Gasteiger partial charge < -0.3 is 24.6 Å². The molecule has 14 heteroatoms. The molecular weight excluding hydrogens is 735 g/mol. The van der Waals surface area contributed by atoms with Crippen LogP contribution >= 0.6 is 0 Å². The Morgan fingerprint density at radius 3 is 2.29 bits per heavy atom. The van der Waals surface area contributed by atoms with Crippen LogP contribution in [0.15, 0.2) is 54.6 Å². The lowest BCUT2D eigenvalue weighted by Gasteiger charge is -2.36. The van der Waals surface area contributed by atoms with Gasteiger partial charge in [0.15, 0.2) is 0 Å². The molecule has 3 aromatic rings. The minimum atomic E-state index is -3.87. The van der Waals surface area contributed by atoms with Gasteiger partial charge in [0.1, 0.15) is 29.7 Å². The molecule has 1 aromatic heterocycles. The van der Waals surface area contributed by atoms with Gasteiger partial charge in [0, 0.05) is 49.0 Å². The molecule has 0 unspecified atom stereocenters. The lowest BCUT2D eigenvalue weighted by molar-refractivity contribution is -0.148. The third-order valence-corrected chi connectivity index (χ3v) is 12.9. The summed E-state index contributed by atoms with van der Waals surface area (Å²) >= 11 is 0. The standard InChI is InChI=1S/C42H55N5O8S/c1-26(2)38(40(50)45-56(52,53)30-16-17-30)44-39(49)35-22-29(25-47(35)41(51)32(42(3,4)5)23-37(48)46-19-11-8-12-20-46)55-36-24-33(27-13-9-7-10-14-27)43-34-21-28(54-6)15-18-31(34)36/h7,9-10,13-15,18,21,24,26,29-30,32,35,38H,8,11-12,16-17,19-20,22-23,25H2,1-6H3,(H,44,49)(H,45,50)/t29-,32-,35+,38+/m1/s1. The molecule has 0 spiro atoms. The number of hydrogen-bond acceptors (Lipinski definition) is 9. The highest BCUT2D eigenvalue weighted by molar-refractivity contribution is 7.90. The smallest absolute Gasteiger partial charge is 0.256 e. The zero-order valence-corrected chi connectivity index (χ0v) is 34.1. The van der Waals surface area contributed by atoms with Gasteiger partial charge >= 0.3 is 0 Å². The van der Waals surface area contributed by atoms with E-state index in [-0.39, 0.29) is 31.2 Å². The zero-order valence-electron chi connectivity index (χ0n) is 33.2. The Labute approximate surface area is 329 Å². The number of benzene rings is 2. The fraction of sp³-hybridized carbons (Fsp3) is 0.548. The SMILES string of the molecule is COc1ccc2c(O[C@@H]3C[C@@H](C(=O)N[C@H](C(=O)NS(=O)(=O)C4CC4)C(C)C)N(C(=O)[C@@H](CC(=O)N4CCCCC4)C(C)(C)C)C3)cc(-c3ccccc3)nc2c1. The van der Waals surface area contributed by atoms with Crippen molar-refractivity contribution in [1.82, 2.24) is 24.8 Å². The number of methoxy groups -OCH3 is 1. The first-order valence-corrected chi connectivity index (χ1v) is 21.3. The molecule has 1 saturated carbocycles. The Bertz CT molecular complexity index is 2040. The van der Waals surface area contributed by atoms with Crippen molar-refractivity contribution in [2.24, 2.45) is 17.3 Å². The topological polar surface area (TPSA) is 164 Å². The highest BCUT2D eigenvalue weighted by Crippen LogP contribution is 2.37. The van der Waals surface area contributed by atoms with Gasteiger partial charge in [0.2, 0.25) is 27.7 Å². The largest absolute Gasteiger partial charge is 0.497 e. The van der Waals surface area contributed by atoms with Crippen LogP contribution in [0.5, 0.6) is 11.5 Å². The molecule has 4 atom stereocenters. The molecule has 2 saturated heterocycles. The number of likely N-dealkylation sites (tertiary alicyclic amines) is 2. The van der Waals surface area contributed by atoms with E-state index in [4.69, 9.17) is 14.5 Å². The summed E-state index contributed by atoms with van der Waals surface area (Å²) in [6, 6.07) is 14.7. The minimum Gasteiger partial charge on any atom is -0.497 e. The summed E-state index contributed by atoms with van der Waals surface area (Å²) in [6.07, 6.45) is 3.27. The molecule has 0 radical (unpaired) electrons. The summed E-state index contributed by atoms with van der Waals surface area (Å²) in [4.78, 5) is 64.4. The first-order valence-electron chi connectivity index (χ1n) is 19.7. The second-order valence-electron chi connectivity index (χ2n) is 16.7. The number of aromatic nitrogens is 1. The summed E-state index contributed by atoms with van der Waals surface area (Å²) in [5.74, 6) is -1.97. The van der Waals surface area contributed by atoms with Crippen molar-refractivity contribution in [2.75, 3.05) is 26.7 Å². The van der Waals surface area contributed by atoms with E-state index in [9.17, 15) is 27.6 Å². The molecule has 56 heavy (non-hydrogen) atoms. The average molecular weight is 790 g/mol. The van der Waals surface area contributed by atoms with Crippen LogP contribution in [-0.2, 0) is 29.2 Å².